The predicted molar refractivity (Wildman–Crippen MR) is 80.5 cm³/mol. The summed E-state index contributed by atoms with van der Waals surface area (Å²) in [5.74, 6) is 0.396. The van der Waals surface area contributed by atoms with Gasteiger partial charge in [-0.05, 0) is 36.8 Å². The van der Waals surface area contributed by atoms with Gasteiger partial charge in [-0.15, -0.1) is 0 Å². The van der Waals surface area contributed by atoms with E-state index in [-0.39, 0.29) is 0 Å². The Morgan fingerprint density at radius 3 is 2.71 bits per heavy atom. The van der Waals surface area contributed by atoms with Crippen molar-refractivity contribution in [1.29, 1.82) is 5.26 Å². The zero-order valence-electron chi connectivity index (χ0n) is 12.4. The lowest BCUT2D eigenvalue weighted by Gasteiger charge is -2.34. The lowest BCUT2D eigenvalue weighted by Crippen LogP contribution is -2.38. The fourth-order valence-electron chi connectivity index (χ4n) is 3.68. The van der Waals surface area contributed by atoms with Gasteiger partial charge in [0.15, 0.2) is 0 Å². The molecule has 1 unspecified atom stereocenters. The van der Waals surface area contributed by atoms with Crippen LogP contribution in [0.15, 0.2) is 36.9 Å². The minimum absolute atomic E-state index is 0.396. The largest absolute Gasteiger partial charge is 0.251 e. The van der Waals surface area contributed by atoms with Crippen LogP contribution >= 0.6 is 0 Å². The Labute approximate surface area is 125 Å². The van der Waals surface area contributed by atoms with Gasteiger partial charge in [0.1, 0.15) is 18.1 Å². The van der Waals surface area contributed by atoms with Gasteiger partial charge in [0.2, 0.25) is 0 Å². The zero-order valence-corrected chi connectivity index (χ0v) is 12.4. The summed E-state index contributed by atoms with van der Waals surface area (Å²) in [5.41, 5.74) is 1.83. The van der Waals surface area contributed by atoms with Crippen molar-refractivity contribution in [3.63, 3.8) is 0 Å². The first-order valence-electron chi connectivity index (χ1n) is 7.56. The average molecular weight is 280 g/mol. The molecule has 1 aliphatic carbocycles. The summed E-state index contributed by atoms with van der Waals surface area (Å²) in [7, 11) is 0. The highest BCUT2D eigenvalue weighted by molar-refractivity contribution is 5.39. The maximum Gasteiger partial charge on any atom is 0.137 e. The van der Waals surface area contributed by atoms with E-state index in [9.17, 15) is 5.26 Å². The number of aryl methyl sites for hydroxylation is 1. The van der Waals surface area contributed by atoms with Gasteiger partial charge in [-0.1, -0.05) is 37.1 Å². The van der Waals surface area contributed by atoms with Crippen molar-refractivity contribution < 1.29 is 0 Å². The van der Waals surface area contributed by atoms with Crippen LogP contribution < -0.4 is 0 Å². The molecule has 1 heterocycles. The quantitative estimate of drug-likeness (QED) is 0.864. The van der Waals surface area contributed by atoms with E-state index in [2.05, 4.69) is 35.2 Å². The molecule has 108 valence electrons. The molecule has 0 saturated heterocycles. The van der Waals surface area contributed by atoms with Crippen LogP contribution in [0, 0.1) is 24.2 Å². The van der Waals surface area contributed by atoms with Crippen molar-refractivity contribution in [2.45, 2.75) is 44.6 Å². The Balaban J connectivity index is 2.09. The van der Waals surface area contributed by atoms with Crippen molar-refractivity contribution in [2.24, 2.45) is 5.92 Å². The highest BCUT2D eigenvalue weighted by Crippen LogP contribution is 2.44. The normalized spacial score (nSPS) is 18.3. The first kappa shape index (κ1) is 13.8. The molecule has 0 amide bonds. The van der Waals surface area contributed by atoms with Gasteiger partial charge in [0.25, 0.3) is 0 Å². The fourth-order valence-corrected chi connectivity index (χ4v) is 3.68. The molecule has 4 nitrogen and oxygen atoms in total. The Kier molecular flexibility index (Phi) is 3.74. The van der Waals surface area contributed by atoms with Gasteiger partial charge in [-0.2, -0.15) is 10.4 Å². The van der Waals surface area contributed by atoms with Crippen LogP contribution in [0.2, 0.25) is 0 Å². The molecule has 0 aliphatic heterocycles. The maximum absolute atomic E-state index is 10.1. The minimum atomic E-state index is -0.504. The molecule has 2 aromatic rings. The molecule has 3 rings (SSSR count). The molecule has 1 saturated carbocycles. The Hall–Kier alpha value is -2.15. The van der Waals surface area contributed by atoms with Crippen LogP contribution in [0.1, 0.15) is 36.8 Å². The molecule has 1 aromatic carbocycles. The highest BCUT2D eigenvalue weighted by atomic mass is 15.3. The lowest BCUT2D eigenvalue weighted by atomic mass is 9.69. The van der Waals surface area contributed by atoms with Gasteiger partial charge in [0, 0.05) is 0 Å². The summed E-state index contributed by atoms with van der Waals surface area (Å²) in [4.78, 5) is 4.03. The third-order valence-corrected chi connectivity index (χ3v) is 4.76. The Morgan fingerprint density at radius 2 is 2.10 bits per heavy atom. The zero-order chi connectivity index (χ0) is 14.7. The summed E-state index contributed by atoms with van der Waals surface area (Å²) >= 11 is 0. The number of aromatic nitrogens is 3. The van der Waals surface area contributed by atoms with Gasteiger partial charge in [-0.25, -0.2) is 4.98 Å². The van der Waals surface area contributed by atoms with Gasteiger partial charge < -0.3 is 0 Å². The summed E-state index contributed by atoms with van der Waals surface area (Å²) in [6.07, 6.45) is 7.93. The third kappa shape index (κ3) is 2.44. The molecule has 4 heteroatoms. The van der Waals surface area contributed by atoms with Crippen LogP contribution in [0.4, 0.5) is 0 Å². The van der Waals surface area contributed by atoms with E-state index < -0.39 is 5.41 Å². The Morgan fingerprint density at radius 1 is 1.33 bits per heavy atom. The molecule has 21 heavy (non-hydrogen) atoms. The van der Waals surface area contributed by atoms with Gasteiger partial charge in [0.05, 0.1) is 12.6 Å². The monoisotopic (exact) mass is 280 g/mol. The molecule has 0 radical (unpaired) electrons. The maximum atomic E-state index is 10.1. The number of hydrogen-bond donors (Lipinski definition) is 0. The predicted octanol–water partition coefficient (Wildman–Crippen LogP) is 3.24. The second kappa shape index (κ2) is 5.69. The SMILES string of the molecule is Cc1ccccc1C(C#N)(Cn1cncn1)C1CCCC1. The first-order valence-corrected chi connectivity index (χ1v) is 7.56. The standard InChI is InChI=1S/C17H20N4/c1-14-6-2-5-9-16(14)17(10-18,15-7-3-4-8-15)11-21-13-19-12-20-21/h2,5-6,9,12-13,15H,3-4,7-8,11H2,1H3. The minimum Gasteiger partial charge on any atom is -0.251 e. The van der Waals surface area contributed by atoms with Crippen molar-refractivity contribution in [3.05, 3.63) is 48.0 Å². The molecular weight excluding hydrogens is 260 g/mol. The molecule has 0 N–H and O–H groups in total. The summed E-state index contributed by atoms with van der Waals surface area (Å²) in [6, 6.07) is 10.9. The number of hydrogen-bond acceptors (Lipinski definition) is 3. The smallest absolute Gasteiger partial charge is 0.137 e. The molecule has 0 spiro atoms. The second-order valence-corrected chi connectivity index (χ2v) is 5.97. The van der Waals surface area contributed by atoms with Gasteiger partial charge in [-0.3, -0.25) is 4.68 Å². The average Bonchev–Trinajstić information content (AvgIpc) is 3.19. The van der Waals surface area contributed by atoms with Crippen molar-refractivity contribution in [2.75, 3.05) is 0 Å². The molecule has 1 aliphatic rings. The summed E-state index contributed by atoms with van der Waals surface area (Å²) in [5, 5.41) is 14.3. The topological polar surface area (TPSA) is 54.5 Å². The van der Waals surface area contributed by atoms with E-state index in [1.54, 1.807) is 11.0 Å². The number of rotatable bonds is 4. The van der Waals surface area contributed by atoms with E-state index in [0.29, 0.717) is 12.5 Å². The molecule has 1 fully saturated rings. The van der Waals surface area contributed by atoms with Gasteiger partial charge >= 0.3 is 0 Å². The van der Waals surface area contributed by atoms with E-state index in [1.807, 2.05) is 12.1 Å². The molecular formula is C17H20N4. The van der Waals surface area contributed by atoms with Crippen LogP contribution in [-0.4, -0.2) is 14.8 Å². The van der Waals surface area contributed by atoms with Crippen molar-refractivity contribution in [1.82, 2.24) is 14.8 Å². The van der Waals surface area contributed by atoms with Crippen LogP contribution in [0.3, 0.4) is 0 Å². The Bertz CT molecular complexity index is 635. The third-order valence-electron chi connectivity index (χ3n) is 4.76. The second-order valence-electron chi connectivity index (χ2n) is 5.97. The summed E-state index contributed by atoms with van der Waals surface area (Å²) in [6.45, 7) is 2.68. The van der Waals surface area contributed by atoms with Crippen molar-refractivity contribution in [3.8, 4) is 6.07 Å². The van der Waals surface area contributed by atoms with Crippen molar-refractivity contribution >= 4 is 0 Å². The lowest BCUT2D eigenvalue weighted by molar-refractivity contribution is 0.292. The number of benzene rings is 1. The highest BCUT2D eigenvalue weighted by Gasteiger charge is 2.43. The van der Waals surface area contributed by atoms with Crippen LogP contribution in [0.25, 0.3) is 0 Å². The van der Waals surface area contributed by atoms with Crippen LogP contribution in [-0.2, 0) is 12.0 Å². The van der Waals surface area contributed by atoms with E-state index in [0.717, 1.165) is 18.4 Å². The summed E-state index contributed by atoms with van der Waals surface area (Å²) < 4.78 is 1.80. The fraction of sp³-hybridized carbons (Fsp3) is 0.471. The van der Waals surface area contributed by atoms with E-state index >= 15 is 0 Å². The first-order chi connectivity index (χ1) is 10.3. The van der Waals surface area contributed by atoms with E-state index in [1.165, 1.54) is 24.7 Å². The molecule has 1 atom stereocenters. The molecule has 1 aromatic heterocycles. The number of nitrogens with zero attached hydrogens (tertiary/aromatic N) is 4. The molecule has 0 bridgehead atoms. The van der Waals surface area contributed by atoms with E-state index in [4.69, 9.17) is 0 Å². The number of nitriles is 1. The van der Waals surface area contributed by atoms with Crippen LogP contribution in [0.5, 0.6) is 0 Å².